The Bertz CT molecular complexity index is 1140. The minimum absolute atomic E-state index is 0.285. The number of likely N-dealkylation sites (N-methyl/N-ethyl adjacent to an activating group) is 1. The van der Waals surface area contributed by atoms with Crippen LogP contribution in [0.5, 0.6) is 0 Å². The van der Waals surface area contributed by atoms with Crippen LogP contribution in [0.1, 0.15) is 6.92 Å². The van der Waals surface area contributed by atoms with Crippen molar-refractivity contribution in [1.29, 1.82) is 0 Å². The van der Waals surface area contributed by atoms with E-state index in [1.54, 1.807) is 26.2 Å². The van der Waals surface area contributed by atoms with Crippen LogP contribution in [0.3, 0.4) is 0 Å². The van der Waals surface area contributed by atoms with Crippen molar-refractivity contribution in [3.63, 3.8) is 0 Å². The Balaban J connectivity index is 1.74. The first-order valence-electron chi connectivity index (χ1n) is 10.3. The standard InChI is InChI=1S/C23H28N4O2S/c1-4-26-13-15-27(16-14-26)23-21-8-6-5-7-19(21)17-22(24-23)18-9-11-20(12-10-18)30(28,29)25(2)3/h5-12,17H,4,13-16H2,1-3H3. The van der Waals surface area contributed by atoms with Gasteiger partial charge in [0.25, 0.3) is 0 Å². The summed E-state index contributed by atoms with van der Waals surface area (Å²) in [5.41, 5.74) is 1.77. The summed E-state index contributed by atoms with van der Waals surface area (Å²) < 4.78 is 26.0. The quantitative estimate of drug-likeness (QED) is 0.629. The van der Waals surface area contributed by atoms with Gasteiger partial charge < -0.3 is 9.80 Å². The molecule has 7 heteroatoms. The lowest BCUT2D eigenvalue weighted by atomic mass is 10.1. The van der Waals surface area contributed by atoms with Crippen molar-refractivity contribution in [3.05, 3.63) is 54.6 Å². The summed E-state index contributed by atoms with van der Waals surface area (Å²) in [5, 5.41) is 2.29. The molecular formula is C23H28N4O2S. The van der Waals surface area contributed by atoms with Crippen molar-refractivity contribution < 1.29 is 8.42 Å². The normalized spacial score (nSPS) is 15.8. The first kappa shape index (κ1) is 20.8. The lowest BCUT2D eigenvalue weighted by molar-refractivity contribution is 0.271. The van der Waals surface area contributed by atoms with Crippen LogP contribution >= 0.6 is 0 Å². The molecule has 0 amide bonds. The third kappa shape index (κ3) is 3.93. The molecule has 0 unspecified atom stereocenters. The second kappa shape index (κ2) is 8.34. The van der Waals surface area contributed by atoms with Gasteiger partial charge in [0.1, 0.15) is 5.82 Å². The fourth-order valence-electron chi connectivity index (χ4n) is 3.85. The molecule has 1 aliphatic rings. The van der Waals surface area contributed by atoms with Crippen LogP contribution in [0.4, 0.5) is 5.82 Å². The van der Waals surface area contributed by atoms with Crippen LogP contribution in [0.2, 0.25) is 0 Å². The molecule has 0 N–H and O–H groups in total. The smallest absolute Gasteiger partial charge is 0.242 e. The number of rotatable bonds is 5. The number of aromatic nitrogens is 1. The van der Waals surface area contributed by atoms with Crippen molar-refractivity contribution in [2.75, 3.05) is 51.7 Å². The van der Waals surface area contributed by atoms with Crippen LogP contribution in [0.25, 0.3) is 22.0 Å². The highest BCUT2D eigenvalue weighted by molar-refractivity contribution is 7.89. The molecule has 6 nitrogen and oxygen atoms in total. The molecule has 2 aromatic carbocycles. The van der Waals surface area contributed by atoms with Gasteiger partial charge in [0.15, 0.2) is 0 Å². The molecular weight excluding hydrogens is 396 g/mol. The van der Waals surface area contributed by atoms with Crippen molar-refractivity contribution in [1.82, 2.24) is 14.2 Å². The van der Waals surface area contributed by atoms with Gasteiger partial charge >= 0.3 is 0 Å². The van der Waals surface area contributed by atoms with E-state index >= 15 is 0 Å². The number of nitrogens with zero attached hydrogens (tertiary/aromatic N) is 4. The number of sulfonamides is 1. The monoisotopic (exact) mass is 424 g/mol. The maximum absolute atomic E-state index is 12.4. The second-order valence-electron chi connectivity index (χ2n) is 7.79. The third-order valence-corrected chi connectivity index (χ3v) is 7.60. The zero-order valence-electron chi connectivity index (χ0n) is 17.7. The van der Waals surface area contributed by atoms with Crippen molar-refractivity contribution in [3.8, 4) is 11.3 Å². The minimum atomic E-state index is -3.44. The maximum Gasteiger partial charge on any atom is 0.242 e. The summed E-state index contributed by atoms with van der Waals surface area (Å²) in [6.07, 6.45) is 0. The van der Waals surface area contributed by atoms with E-state index in [-0.39, 0.29) is 4.90 Å². The van der Waals surface area contributed by atoms with Gasteiger partial charge in [-0.15, -0.1) is 0 Å². The molecule has 3 aromatic rings. The third-order valence-electron chi connectivity index (χ3n) is 5.77. The molecule has 1 aromatic heterocycles. The molecule has 1 saturated heterocycles. The average Bonchev–Trinajstić information content (AvgIpc) is 2.78. The fourth-order valence-corrected chi connectivity index (χ4v) is 4.76. The van der Waals surface area contributed by atoms with E-state index in [2.05, 4.69) is 41.0 Å². The minimum Gasteiger partial charge on any atom is -0.354 e. The van der Waals surface area contributed by atoms with E-state index in [0.29, 0.717) is 0 Å². The van der Waals surface area contributed by atoms with E-state index in [4.69, 9.17) is 4.98 Å². The van der Waals surface area contributed by atoms with Gasteiger partial charge in [0.05, 0.1) is 10.6 Å². The number of piperazine rings is 1. The van der Waals surface area contributed by atoms with E-state index in [9.17, 15) is 8.42 Å². The van der Waals surface area contributed by atoms with Crippen LogP contribution in [0, 0.1) is 0 Å². The van der Waals surface area contributed by atoms with E-state index < -0.39 is 10.0 Å². The molecule has 4 rings (SSSR count). The van der Waals surface area contributed by atoms with Crippen molar-refractivity contribution in [2.45, 2.75) is 11.8 Å². The first-order chi connectivity index (χ1) is 14.4. The summed E-state index contributed by atoms with van der Waals surface area (Å²) in [6, 6.07) is 17.4. The highest BCUT2D eigenvalue weighted by Gasteiger charge is 2.20. The molecule has 1 aliphatic heterocycles. The Morgan fingerprint density at radius 2 is 1.63 bits per heavy atom. The molecule has 1 fully saturated rings. The average molecular weight is 425 g/mol. The molecule has 158 valence electrons. The van der Waals surface area contributed by atoms with Gasteiger partial charge in [-0.3, -0.25) is 0 Å². The summed E-state index contributed by atoms with van der Waals surface area (Å²) in [5.74, 6) is 1.00. The van der Waals surface area contributed by atoms with Gasteiger partial charge in [-0.05, 0) is 30.1 Å². The Morgan fingerprint density at radius 1 is 0.967 bits per heavy atom. The molecule has 0 aliphatic carbocycles. The van der Waals surface area contributed by atoms with Gasteiger partial charge in [-0.2, -0.15) is 0 Å². The number of anilines is 1. The van der Waals surface area contributed by atoms with Crippen molar-refractivity contribution >= 4 is 26.6 Å². The second-order valence-corrected chi connectivity index (χ2v) is 9.94. The lowest BCUT2D eigenvalue weighted by Crippen LogP contribution is -2.46. The highest BCUT2D eigenvalue weighted by Crippen LogP contribution is 2.31. The number of pyridine rings is 1. The maximum atomic E-state index is 12.4. The molecule has 0 spiro atoms. The van der Waals surface area contributed by atoms with Gasteiger partial charge in [0, 0.05) is 51.2 Å². The van der Waals surface area contributed by atoms with E-state index in [1.165, 1.54) is 4.31 Å². The summed E-state index contributed by atoms with van der Waals surface area (Å²) in [6.45, 7) is 7.25. The Labute approximate surface area is 178 Å². The molecule has 0 atom stereocenters. The van der Waals surface area contributed by atoms with Gasteiger partial charge in [-0.1, -0.05) is 43.3 Å². The fraction of sp³-hybridized carbons (Fsp3) is 0.348. The Morgan fingerprint density at radius 3 is 2.27 bits per heavy atom. The number of hydrogen-bond acceptors (Lipinski definition) is 5. The molecule has 0 saturated carbocycles. The summed E-state index contributed by atoms with van der Waals surface area (Å²) in [7, 11) is -0.363. The molecule has 0 bridgehead atoms. The van der Waals surface area contributed by atoms with Crippen LogP contribution in [-0.4, -0.2) is 69.4 Å². The van der Waals surface area contributed by atoms with E-state index in [0.717, 1.165) is 60.6 Å². The van der Waals surface area contributed by atoms with Crippen LogP contribution in [-0.2, 0) is 10.0 Å². The lowest BCUT2D eigenvalue weighted by Gasteiger charge is -2.35. The zero-order valence-corrected chi connectivity index (χ0v) is 18.6. The number of hydrogen-bond donors (Lipinski definition) is 0. The first-order valence-corrected chi connectivity index (χ1v) is 11.7. The Hall–Kier alpha value is -2.48. The Kier molecular flexibility index (Phi) is 5.77. The SMILES string of the molecule is CCN1CCN(c2nc(-c3ccc(S(=O)(=O)N(C)C)cc3)cc3ccccc23)CC1. The van der Waals surface area contributed by atoms with Crippen LogP contribution in [0.15, 0.2) is 59.5 Å². The number of fused-ring (bicyclic) bond motifs is 1. The zero-order chi connectivity index (χ0) is 21.3. The molecule has 30 heavy (non-hydrogen) atoms. The molecule has 2 heterocycles. The topological polar surface area (TPSA) is 56.8 Å². The number of benzene rings is 2. The predicted octanol–water partition coefficient (Wildman–Crippen LogP) is 3.29. The largest absolute Gasteiger partial charge is 0.354 e. The van der Waals surface area contributed by atoms with Gasteiger partial charge in [-0.25, -0.2) is 17.7 Å². The summed E-state index contributed by atoms with van der Waals surface area (Å²) >= 11 is 0. The van der Waals surface area contributed by atoms with E-state index in [1.807, 2.05) is 18.2 Å². The predicted molar refractivity (Wildman–Crippen MR) is 122 cm³/mol. The summed E-state index contributed by atoms with van der Waals surface area (Å²) in [4.78, 5) is 10.1. The highest BCUT2D eigenvalue weighted by atomic mass is 32.2. The molecule has 0 radical (unpaired) electrons. The van der Waals surface area contributed by atoms with Crippen molar-refractivity contribution in [2.24, 2.45) is 0 Å². The van der Waals surface area contributed by atoms with Gasteiger partial charge in [0.2, 0.25) is 10.0 Å². The van der Waals surface area contributed by atoms with Crippen LogP contribution < -0.4 is 4.90 Å².